The number of imide groups is 1. The Kier molecular flexibility index (Phi) is 2.62. The number of aryl methyl sites for hydroxylation is 1. The van der Waals surface area contributed by atoms with E-state index >= 15 is 0 Å². The quantitative estimate of drug-likeness (QED) is 0.649. The van der Waals surface area contributed by atoms with Gasteiger partial charge in [0.15, 0.2) is 0 Å². The predicted octanol–water partition coefficient (Wildman–Crippen LogP) is 3.03. The van der Waals surface area contributed by atoms with Crippen molar-refractivity contribution in [3.8, 4) is 0 Å². The molecule has 4 rings (SSSR count). The van der Waals surface area contributed by atoms with Crippen LogP contribution in [0.4, 0.5) is 5.69 Å². The largest absolute Gasteiger partial charge is 0.275 e. The second kappa shape index (κ2) is 4.42. The molecule has 0 saturated heterocycles. The standard InChI is InChI=1S/C16H10ClN3O2/c1-19-8-9-6-14(12(17)7-13(9)18-19)20-15(21)10-4-2-3-5-11(10)16(20)22/h2-8H,1H3. The molecule has 0 spiro atoms. The molecule has 6 heteroatoms. The van der Waals surface area contributed by atoms with Crippen molar-refractivity contribution in [3.63, 3.8) is 0 Å². The summed E-state index contributed by atoms with van der Waals surface area (Å²) in [7, 11) is 1.80. The lowest BCUT2D eigenvalue weighted by molar-refractivity contribution is 0.0926. The fraction of sp³-hybridized carbons (Fsp3) is 0.0625. The molecule has 1 aliphatic rings. The molecule has 0 bridgehead atoms. The third kappa shape index (κ3) is 1.69. The van der Waals surface area contributed by atoms with Crippen molar-refractivity contribution in [1.82, 2.24) is 9.78 Å². The Bertz CT molecular complexity index is 926. The Morgan fingerprint density at radius 2 is 1.68 bits per heavy atom. The highest BCUT2D eigenvalue weighted by molar-refractivity contribution is 6.40. The van der Waals surface area contributed by atoms with Gasteiger partial charge in [0.1, 0.15) is 0 Å². The molecule has 1 aromatic heterocycles. The van der Waals surface area contributed by atoms with Gasteiger partial charge in [-0.15, -0.1) is 0 Å². The van der Waals surface area contributed by atoms with E-state index in [9.17, 15) is 9.59 Å². The first-order chi connectivity index (χ1) is 10.6. The Morgan fingerprint density at radius 3 is 2.32 bits per heavy atom. The summed E-state index contributed by atoms with van der Waals surface area (Å²) in [6.07, 6.45) is 1.81. The summed E-state index contributed by atoms with van der Waals surface area (Å²) in [6, 6.07) is 10.1. The van der Waals surface area contributed by atoms with E-state index in [2.05, 4.69) is 5.10 Å². The number of halogens is 1. The number of benzene rings is 2. The minimum absolute atomic E-state index is 0.320. The number of aromatic nitrogens is 2. The smallest absolute Gasteiger partial charge is 0.266 e. The van der Waals surface area contributed by atoms with Crippen molar-refractivity contribution >= 4 is 40.0 Å². The van der Waals surface area contributed by atoms with Gasteiger partial charge in [-0.3, -0.25) is 14.3 Å². The second-order valence-electron chi connectivity index (χ2n) is 5.16. The average molecular weight is 312 g/mol. The van der Waals surface area contributed by atoms with Gasteiger partial charge in [-0.05, 0) is 24.3 Å². The van der Waals surface area contributed by atoms with E-state index in [1.807, 2.05) is 6.20 Å². The fourth-order valence-corrected chi connectivity index (χ4v) is 2.98. The van der Waals surface area contributed by atoms with Crippen LogP contribution in [0.2, 0.25) is 5.02 Å². The van der Waals surface area contributed by atoms with Crippen LogP contribution in [-0.4, -0.2) is 21.6 Å². The minimum Gasteiger partial charge on any atom is -0.275 e. The summed E-state index contributed by atoms with van der Waals surface area (Å²) in [5, 5.41) is 5.40. The molecule has 2 heterocycles. The van der Waals surface area contributed by atoms with Gasteiger partial charge in [-0.25, -0.2) is 4.90 Å². The van der Waals surface area contributed by atoms with Crippen molar-refractivity contribution in [2.24, 2.45) is 7.05 Å². The first kappa shape index (κ1) is 13.0. The van der Waals surface area contributed by atoms with Crippen molar-refractivity contribution in [2.45, 2.75) is 0 Å². The predicted molar refractivity (Wildman–Crippen MR) is 83.3 cm³/mol. The topological polar surface area (TPSA) is 55.2 Å². The normalized spacial score (nSPS) is 14.0. The van der Waals surface area contributed by atoms with Crippen molar-refractivity contribution in [1.29, 1.82) is 0 Å². The number of hydrogen-bond donors (Lipinski definition) is 0. The van der Waals surface area contributed by atoms with E-state index in [0.717, 1.165) is 10.3 Å². The number of hydrogen-bond acceptors (Lipinski definition) is 3. The minimum atomic E-state index is -0.356. The first-order valence-corrected chi connectivity index (χ1v) is 7.05. The average Bonchev–Trinajstić information content (AvgIpc) is 2.97. The lowest BCUT2D eigenvalue weighted by atomic mass is 10.1. The molecule has 0 radical (unpaired) electrons. The molecule has 108 valence electrons. The highest BCUT2D eigenvalue weighted by atomic mass is 35.5. The van der Waals surface area contributed by atoms with Gasteiger partial charge < -0.3 is 0 Å². The molecule has 1 aliphatic heterocycles. The van der Waals surface area contributed by atoms with Gasteiger partial charge in [0.05, 0.1) is 27.4 Å². The van der Waals surface area contributed by atoms with Crippen molar-refractivity contribution < 1.29 is 9.59 Å². The molecule has 3 aromatic rings. The maximum atomic E-state index is 12.5. The maximum Gasteiger partial charge on any atom is 0.266 e. The summed E-state index contributed by atoms with van der Waals surface area (Å²) in [5.41, 5.74) is 1.89. The number of carbonyl (C=O) groups is 2. The maximum absolute atomic E-state index is 12.5. The Hall–Kier alpha value is -2.66. The van der Waals surface area contributed by atoms with E-state index in [4.69, 9.17) is 11.6 Å². The molecule has 0 saturated carbocycles. The second-order valence-corrected chi connectivity index (χ2v) is 5.56. The molecule has 0 fully saturated rings. The molecule has 0 atom stereocenters. The lowest BCUT2D eigenvalue weighted by Gasteiger charge is -2.15. The lowest BCUT2D eigenvalue weighted by Crippen LogP contribution is -2.29. The fourth-order valence-electron chi connectivity index (χ4n) is 2.74. The van der Waals surface area contributed by atoms with Crippen LogP contribution in [-0.2, 0) is 7.05 Å². The van der Waals surface area contributed by atoms with Crippen LogP contribution in [0.15, 0.2) is 42.6 Å². The zero-order valence-corrected chi connectivity index (χ0v) is 12.3. The Morgan fingerprint density at radius 1 is 1.05 bits per heavy atom. The third-order valence-corrected chi connectivity index (χ3v) is 4.03. The van der Waals surface area contributed by atoms with Crippen LogP contribution in [0.5, 0.6) is 0 Å². The van der Waals surface area contributed by atoms with Gasteiger partial charge >= 0.3 is 0 Å². The monoisotopic (exact) mass is 311 g/mol. The van der Waals surface area contributed by atoms with Crippen LogP contribution in [0.3, 0.4) is 0 Å². The summed E-state index contributed by atoms with van der Waals surface area (Å²) in [6.45, 7) is 0. The molecule has 0 unspecified atom stereocenters. The molecule has 5 nitrogen and oxygen atoms in total. The van der Waals surface area contributed by atoms with Gasteiger partial charge in [0, 0.05) is 18.6 Å². The molecule has 22 heavy (non-hydrogen) atoms. The van der Waals surface area contributed by atoms with Gasteiger partial charge in [-0.1, -0.05) is 23.7 Å². The van der Waals surface area contributed by atoms with Crippen LogP contribution >= 0.6 is 11.6 Å². The molecule has 2 amide bonds. The highest BCUT2D eigenvalue weighted by Gasteiger charge is 2.37. The zero-order chi connectivity index (χ0) is 15.4. The van der Waals surface area contributed by atoms with Crippen molar-refractivity contribution in [2.75, 3.05) is 4.90 Å². The number of rotatable bonds is 1. The van der Waals surface area contributed by atoms with Crippen molar-refractivity contribution in [3.05, 3.63) is 58.7 Å². The van der Waals surface area contributed by atoms with E-state index in [1.54, 1.807) is 48.1 Å². The number of fused-ring (bicyclic) bond motifs is 2. The first-order valence-electron chi connectivity index (χ1n) is 6.67. The Labute approximate surface area is 130 Å². The third-order valence-electron chi connectivity index (χ3n) is 3.72. The van der Waals surface area contributed by atoms with Crippen LogP contribution in [0.1, 0.15) is 20.7 Å². The summed E-state index contributed by atoms with van der Waals surface area (Å²) < 4.78 is 1.66. The van der Waals surface area contributed by atoms with Gasteiger partial charge in [-0.2, -0.15) is 5.10 Å². The molecular formula is C16H10ClN3O2. The number of anilines is 1. The summed E-state index contributed by atoms with van der Waals surface area (Å²) >= 11 is 6.27. The SMILES string of the molecule is Cn1cc2cc(N3C(=O)c4ccccc4C3=O)c(Cl)cc2n1. The van der Waals surface area contributed by atoms with E-state index in [-0.39, 0.29) is 11.8 Å². The van der Waals surface area contributed by atoms with Gasteiger partial charge in [0.2, 0.25) is 0 Å². The zero-order valence-electron chi connectivity index (χ0n) is 11.6. The summed E-state index contributed by atoms with van der Waals surface area (Å²) in [4.78, 5) is 26.2. The summed E-state index contributed by atoms with van der Waals surface area (Å²) in [5.74, 6) is -0.712. The Balaban J connectivity index is 1.91. The number of amides is 2. The van der Waals surface area contributed by atoms with E-state index in [1.165, 1.54) is 0 Å². The number of carbonyl (C=O) groups excluding carboxylic acids is 2. The van der Waals surface area contributed by atoms with E-state index in [0.29, 0.717) is 27.4 Å². The van der Waals surface area contributed by atoms with Crippen LogP contribution < -0.4 is 4.90 Å². The highest BCUT2D eigenvalue weighted by Crippen LogP contribution is 2.35. The van der Waals surface area contributed by atoms with Gasteiger partial charge in [0.25, 0.3) is 11.8 Å². The van der Waals surface area contributed by atoms with Crippen LogP contribution in [0, 0.1) is 0 Å². The molecular weight excluding hydrogens is 302 g/mol. The van der Waals surface area contributed by atoms with E-state index < -0.39 is 0 Å². The molecule has 2 aromatic carbocycles. The molecule has 0 N–H and O–H groups in total. The van der Waals surface area contributed by atoms with Crippen LogP contribution in [0.25, 0.3) is 10.9 Å². The number of nitrogens with zero attached hydrogens (tertiary/aromatic N) is 3. The molecule has 0 aliphatic carbocycles.